The van der Waals surface area contributed by atoms with Crippen molar-refractivity contribution in [3.8, 4) is 0 Å². The highest BCUT2D eigenvalue weighted by Gasteiger charge is 2.42. The third-order valence-electron chi connectivity index (χ3n) is 5.46. The lowest BCUT2D eigenvalue weighted by Gasteiger charge is -2.40. The SMILES string of the molecule is CC1(C)CC(=O)C2=C(O1)c1c(ccc3ccccc13)NC2c1ccc(Cl)cc1. The van der Waals surface area contributed by atoms with Crippen molar-refractivity contribution in [2.75, 3.05) is 5.32 Å². The molecule has 3 nitrogen and oxygen atoms in total. The van der Waals surface area contributed by atoms with E-state index in [0.717, 1.165) is 27.6 Å². The molecule has 5 rings (SSSR count). The molecule has 3 aromatic rings. The first-order valence-corrected chi connectivity index (χ1v) is 9.81. The molecular weight excluding hydrogens is 370 g/mol. The molecule has 0 saturated heterocycles. The van der Waals surface area contributed by atoms with Gasteiger partial charge in [-0.1, -0.05) is 54.1 Å². The maximum absolute atomic E-state index is 13.2. The lowest BCUT2D eigenvalue weighted by molar-refractivity contribution is -0.121. The molecule has 0 bridgehead atoms. The van der Waals surface area contributed by atoms with Crippen LogP contribution >= 0.6 is 11.6 Å². The predicted octanol–water partition coefficient (Wildman–Crippen LogP) is 6.14. The maximum Gasteiger partial charge on any atom is 0.168 e. The van der Waals surface area contributed by atoms with E-state index in [-0.39, 0.29) is 11.8 Å². The molecule has 0 aromatic heterocycles. The quantitative estimate of drug-likeness (QED) is 0.543. The van der Waals surface area contributed by atoms with Crippen molar-refractivity contribution >= 4 is 39.6 Å². The summed E-state index contributed by atoms with van der Waals surface area (Å²) in [6.07, 6.45) is 0.359. The van der Waals surface area contributed by atoms with Crippen LogP contribution in [0.15, 0.2) is 66.2 Å². The zero-order valence-corrected chi connectivity index (χ0v) is 16.5. The Bertz CT molecular complexity index is 1140. The molecule has 1 unspecified atom stereocenters. The summed E-state index contributed by atoms with van der Waals surface area (Å²) in [5.41, 5.74) is 3.10. The second kappa shape index (κ2) is 6.11. The van der Waals surface area contributed by atoms with Crippen molar-refractivity contribution in [3.63, 3.8) is 0 Å². The van der Waals surface area contributed by atoms with Gasteiger partial charge in [-0.2, -0.15) is 0 Å². The highest BCUT2D eigenvalue weighted by atomic mass is 35.5. The van der Waals surface area contributed by atoms with Gasteiger partial charge in [-0.25, -0.2) is 0 Å². The molecule has 3 aromatic carbocycles. The smallest absolute Gasteiger partial charge is 0.168 e. The Hall–Kier alpha value is -2.78. The molecule has 0 amide bonds. The topological polar surface area (TPSA) is 38.3 Å². The predicted molar refractivity (Wildman–Crippen MR) is 113 cm³/mol. The summed E-state index contributed by atoms with van der Waals surface area (Å²) in [5, 5.41) is 6.46. The van der Waals surface area contributed by atoms with Gasteiger partial charge in [0, 0.05) is 16.3 Å². The summed E-state index contributed by atoms with van der Waals surface area (Å²) in [6.45, 7) is 3.94. The van der Waals surface area contributed by atoms with Crippen molar-refractivity contribution in [2.45, 2.75) is 31.9 Å². The minimum Gasteiger partial charge on any atom is -0.486 e. The molecule has 2 aliphatic rings. The highest BCUT2D eigenvalue weighted by Crippen LogP contribution is 2.48. The van der Waals surface area contributed by atoms with Gasteiger partial charge in [-0.15, -0.1) is 0 Å². The van der Waals surface area contributed by atoms with Crippen LogP contribution in [0.25, 0.3) is 16.5 Å². The first-order chi connectivity index (χ1) is 13.4. The summed E-state index contributed by atoms with van der Waals surface area (Å²) in [6, 6.07) is 19.7. The molecule has 2 aliphatic heterocycles. The van der Waals surface area contributed by atoms with Crippen LogP contribution in [0.3, 0.4) is 0 Å². The summed E-state index contributed by atoms with van der Waals surface area (Å²) in [5.74, 6) is 0.823. The highest BCUT2D eigenvalue weighted by molar-refractivity contribution is 6.30. The van der Waals surface area contributed by atoms with Gasteiger partial charge in [0.05, 0.1) is 18.0 Å². The fourth-order valence-electron chi connectivity index (χ4n) is 4.22. The second-order valence-electron chi connectivity index (χ2n) is 8.04. The Morgan fingerprint density at radius 1 is 1.04 bits per heavy atom. The molecule has 0 aliphatic carbocycles. The minimum atomic E-state index is -0.536. The molecule has 0 spiro atoms. The average Bonchev–Trinajstić information content (AvgIpc) is 2.66. The first kappa shape index (κ1) is 17.3. The lowest BCUT2D eigenvalue weighted by Crippen LogP contribution is -2.38. The summed E-state index contributed by atoms with van der Waals surface area (Å²) >= 11 is 6.08. The van der Waals surface area contributed by atoms with E-state index in [9.17, 15) is 4.79 Å². The van der Waals surface area contributed by atoms with Gasteiger partial charge in [0.2, 0.25) is 0 Å². The molecule has 2 heterocycles. The van der Waals surface area contributed by atoms with Crippen molar-refractivity contribution in [1.29, 1.82) is 0 Å². The monoisotopic (exact) mass is 389 g/mol. The summed E-state index contributed by atoms with van der Waals surface area (Å²) in [4.78, 5) is 13.2. The second-order valence-corrected chi connectivity index (χ2v) is 8.48. The number of carbonyl (C=O) groups is 1. The Morgan fingerprint density at radius 3 is 2.57 bits per heavy atom. The fourth-order valence-corrected chi connectivity index (χ4v) is 4.35. The molecular formula is C24H20ClNO2. The molecule has 0 radical (unpaired) electrons. The van der Waals surface area contributed by atoms with E-state index >= 15 is 0 Å². The number of halogens is 1. The first-order valence-electron chi connectivity index (χ1n) is 9.43. The number of anilines is 1. The van der Waals surface area contributed by atoms with Crippen LogP contribution in [-0.4, -0.2) is 11.4 Å². The largest absolute Gasteiger partial charge is 0.486 e. The number of rotatable bonds is 1. The minimum absolute atomic E-state index is 0.122. The van der Waals surface area contributed by atoms with E-state index in [1.54, 1.807) is 0 Å². The van der Waals surface area contributed by atoms with Gasteiger partial charge in [-0.3, -0.25) is 4.79 Å². The molecule has 28 heavy (non-hydrogen) atoms. The summed E-state index contributed by atoms with van der Waals surface area (Å²) < 4.78 is 6.45. The number of nitrogens with one attached hydrogen (secondary N) is 1. The van der Waals surface area contributed by atoms with Crippen LogP contribution < -0.4 is 5.32 Å². The lowest BCUT2D eigenvalue weighted by atomic mass is 9.81. The summed E-state index contributed by atoms with van der Waals surface area (Å²) in [7, 11) is 0. The van der Waals surface area contributed by atoms with E-state index in [4.69, 9.17) is 16.3 Å². The van der Waals surface area contributed by atoms with Gasteiger partial charge in [0.25, 0.3) is 0 Å². The Balaban J connectivity index is 1.79. The van der Waals surface area contributed by atoms with E-state index in [1.807, 2.05) is 50.2 Å². The van der Waals surface area contributed by atoms with Crippen molar-refractivity contribution in [3.05, 3.63) is 82.4 Å². The molecule has 4 heteroatoms. The van der Waals surface area contributed by atoms with Crippen LogP contribution in [0.2, 0.25) is 5.02 Å². The Kier molecular flexibility index (Phi) is 3.78. The van der Waals surface area contributed by atoms with Gasteiger partial charge >= 0.3 is 0 Å². The molecule has 0 fully saturated rings. The molecule has 1 atom stereocenters. The van der Waals surface area contributed by atoms with Crippen LogP contribution in [0.4, 0.5) is 5.69 Å². The number of carbonyl (C=O) groups excluding carboxylic acids is 1. The number of benzene rings is 3. The van der Waals surface area contributed by atoms with Crippen LogP contribution in [0.5, 0.6) is 0 Å². The van der Waals surface area contributed by atoms with Crippen molar-refractivity contribution in [1.82, 2.24) is 0 Å². The standard InChI is InChI=1S/C24H20ClNO2/c1-24(2)13-19(27)21-22(15-7-10-16(25)11-8-15)26-18-12-9-14-5-3-4-6-17(14)20(18)23(21)28-24/h3-12,22,26H,13H2,1-2H3. The molecule has 140 valence electrons. The van der Waals surface area contributed by atoms with Crippen LogP contribution in [0.1, 0.15) is 37.4 Å². The van der Waals surface area contributed by atoms with Gasteiger partial charge in [-0.05, 0) is 48.4 Å². The zero-order valence-electron chi connectivity index (χ0n) is 15.8. The molecule has 0 saturated carbocycles. The van der Waals surface area contributed by atoms with E-state index in [0.29, 0.717) is 22.8 Å². The number of fused-ring (bicyclic) bond motifs is 4. The maximum atomic E-state index is 13.2. The third kappa shape index (κ3) is 2.70. The van der Waals surface area contributed by atoms with Gasteiger partial charge in [0.1, 0.15) is 11.4 Å². The number of Topliss-reactive ketones (excluding diaryl/α,β-unsaturated/α-hetero) is 1. The van der Waals surface area contributed by atoms with Gasteiger partial charge in [0.15, 0.2) is 5.78 Å². The Labute approximate surface area is 169 Å². The van der Waals surface area contributed by atoms with Crippen LogP contribution in [0, 0.1) is 0 Å². The number of hydrogen-bond acceptors (Lipinski definition) is 3. The average molecular weight is 390 g/mol. The van der Waals surface area contributed by atoms with Crippen molar-refractivity contribution in [2.24, 2.45) is 0 Å². The van der Waals surface area contributed by atoms with E-state index < -0.39 is 5.60 Å². The fraction of sp³-hybridized carbons (Fsp3) is 0.208. The normalized spacial score (nSPS) is 20.2. The van der Waals surface area contributed by atoms with E-state index in [1.165, 1.54) is 0 Å². The Morgan fingerprint density at radius 2 is 1.79 bits per heavy atom. The third-order valence-corrected chi connectivity index (χ3v) is 5.71. The number of ketones is 1. The van der Waals surface area contributed by atoms with E-state index in [2.05, 4.69) is 29.6 Å². The van der Waals surface area contributed by atoms with Crippen molar-refractivity contribution < 1.29 is 9.53 Å². The zero-order chi connectivity index (χ0) is 19.5. The van der Waals surface area contributed by atoms with Gasteiger partial charge < -0.3 is 10.1 Å². The molecule has 1 N–H and O–H groups in total. The number of ether oxygens (including phenoxy) is 1. The number of hydrogen-bond donors (Lipinski definition) is 1. The van der Waals surface area contributed by atoms with Crippen LogP contribution in [-0.2, 0) is 9.53 Å².